The van der Waals surface area contributed by atoms with E-state index < -0.39 is 24.0 Å². The number of aliphatic carboxylic acids is 1. The molecule has 0 amide bonds. The molecule has 0 spiro atoms. The van der Waals surface area contributed by atoms with Gasteiger partial charge >= 0.3 is 11.9 Å². The maximum atomic E-state index is 11.4. The molecule has 0 saturated carbocycles. The molecule has 5 nitrogen and oxygen atoms in total. The molecule has 0 saturated heterocycles. The van der Waals surface area contributed by atoms with Crippen LogP contribution in [0.2, 0.25) is 0 Å². The zero-order valence-electron chi connectivity index (χ0n) is 10.2. The van der Waals surface area contributed by atoms with Gasteiger partial charge in [-0.1, -0.05) is 27.7 Å². The van der Waals surface area contributed by atoms with Gasteiger partial charge in [0, 0.05) is 12.3 Å². The third kappa shape index (κ3) is 5.70. The van der Waals surface area contributed by atoms with E-state index in [0.717, 1.165) is 0 Å². The molecule has 16 heavy (non-hydrogen) atoms. The standard InChI is InChI=1S/C11H20NO4/c1-7(6-12)10(15)16-8(9(13)14)5-11(2,3)4/h7-8,12H,5-6H2,1-4H3,(H,13,14)/q-1. The molecule has 2 atom stereocenters. The van der Waals surface area contributed by atoms with Crippen LogP contribution in [0.15, 0.2) is 0 Å². The SMILES string of the molecule is CC(C[NH-])C(=O)OC(CC(C)(C)C)C(=O)O. The molecule has 0 rings (SSSR count). The fourth-order valence-electron chi connectivity index (χ4n) is 1.08. The predicted molar refractivity (Wildman–Crippen MR) is 59.9 cm³/mol. The van der Waals surface area contributed by atoms with Crippen molar-refractivity contribution in [1.82, 2.24) is 0 Å². The van der Waals surface area contributed by atoms with Gasteiger partial charge < -0.3 is 15.6 Å². The summed E-state index contributed by atoms with van der Waals surface area (Å²) in [6.45, 7) is 7.09. The Balaban J connectivity index is 4.47. The van der Waals surface area contributed by atoms with Crippen molar-refractivity contribution in [3.63, 3.8) is 0 Å². The zero-order valence-corrected chi connectivity index (χ0v) is 10.2. The number of rotatable bonds is 5. The first-order valence-electron chi connectivity index (χ1n) is 5.25. The molecule has 0 bridgehead atoms. The Labute approximate surface area is 96.0 Å². The summed E-state index contributed by atoms with van der Waals surface area (Å²) in [6.07, 6.45) is -0.861. The number of carbonyl (C=O) groups is 2. The smallest absolute Gasteiger partial charge is 0.345 e. The van der Waals surface area contributed by atoms with Gasteiger partial charge in [0.25, 0.3) is 0 Å². The topological polar surface area (TPSA) is 87.4 Å². The van der Waals surface area contributed by atoms with Crippen LogP contribution in [0.3, 0.4) is 0 Å². The van der Waals surface area contributed by atoms with E-state index in [2.05, 4.69) is 0 Å². The maximum absolute atomic E-state index is 11.4. The summed E-state index contributed by atoms with van der Waals surface area (Å²) >= 11 is 0. The molecule has 2 unspecified atom stereocenters. The number of carboxylic acids is 1. The molecule has 0 aliphatic carbocycles. The minimum absolute atomic E-state index is 0.0965. The molecule has 2 N–H and O–H groups in total. The predicted octanol–water partition coefficient (Wildman–Crippen LogP) is 2.11. The maximum Gasteiger partial charge on any atom is 0.345 e. The van der Waals surface area contributed by atoms with Crippen LogP contribution in [0.1, 0.15) is 34.1 Å². The minimum atomic E-state index is -1.14. The Kier molecular flexibility index (Phi) is 5.44. The lowest BCUT2D eigenvalue weighted by Gasteiger charge is -2.24. The summed E-state index contributed by atoms with van der Waals surface area (Å²) in [5.74, 6) is -2.34. The average molecular weight is 230 g/mol. The Morgan fingerprint density at radius 2 is 1.88 bits per heavy atom. The van der Waals surface area contributed by atoms with Crippen LogP contribution in [0.4, 0.5) is 0 Å². The van der Waals surface area contributed by atoms with Crippen molar-refractivity contribution >= 4 is 11.9 Å². The lowest BCUT2D eigenvalue weighted by atomic mass is 9.89. The van der Waals surface area contributed by atoms with Crippen molar-refractivity contribution in [2.75, 3.05) is 6.54 Å². The van der Waals surface area contributed by atoms with Gasteiger partial charge in [-0.3, -0.25) is 4.79 Å². The normalized spacial score (nSPS) is 15.3. The van der Waals surface area contributed by atoms with Crippen LogP contribution in [0.25, 0.3) is 5.73 Å². The third-order valence-corrected chi connectivity index (χ3v) is 2.04. The van der Waals surface area contributed by atoms with E-state index in [9.17, 15) is 9.59 Å². The van der Waals surface area contributed by atoms with Gasteiger partial charge in [0.2, 0.25) is 0 Å². The molecule has 0 aromatic carbocycles. The van der Waals surface area contributed by atoms with Gasteiger partial charge in [0.05, 0.1) is 0 Å². The molecule has 0 aliphatic heterocycles. The summed E-state index contributed by atoms with van der Waals surface area (Å²) in [4.78, 5) is 22.3. The fraction of sp³-hybridized carbons (Fsp3) is 0.818. The first-order valence-corrected chi connectivity index (χ1v) is 5.25. The van der Waals surface area contributed by atoms with E-state index in [1.165, 1.54) is 0 Å². The summed E-state index contributed by atoms with van der Waals surface area (Å²) in [7, 11) is 0. The molecular weight excluding hydrogens is 210 g/mol. The highest BCUT2D eigenvalue weighted by molar-refractivity contribution is 5.79. The van der Waals surface area contributed by atoms with Crippen LogP contribution in [-0.2, 0) is 14.3 Å². The number of ether oxygens (including phenoxy) is 1. The monoisotopic (exact) mass is 230 g/mol. The van der Waals surface area contributed by atoms with Gasteiger partial charge in [0.1, 0.15) is 0 Å². The largest absolute Gasteiger partial charge is 0.677 e. The number of carboxylic acid groups (broad SMARTS) is 1. The molecule has 0 aromatic rings. The Morgan fingerprint density at radius 3 is 2.19 bits per heavy atom. The number of hydrogen-bond donors (Lipinski definition) is 1. The second-order valence-electron chi connectivity index (χ2n) is 5.13. The number of esters is 1. The summed E-state index contributed by atoms with van der Waals surface area (Å²) in [5.41, 5.74) is 6.79. The van der Waals surface area contributed by atoms with E-state index in [-0.39, 0.29) is 18.4 Å². The van der Waals surface area contributed by atoms with Crippen molar-refractivity contribution in [3.8, 4) is 0 Å². The molecular formula is C11H20NO4-. The number of carbonyl (C=O) groups excluding carboxylic acids is 1. The highest BCUT2D eigenvalue weighted by Crippen LogP contribution is 2.23. The van der Waals surface area contributed by atoms with Gasteiger partial charge in [-0.25, -0.2) is 4.79 Å². The molecule has 0 radical (unpaired) electrons. The van der Waals surface area contributed by atoms with Crippen LogP contribution >= 0.6 is 0 Å². The lowest BCUT2D eigenvalue weighted by molar-refractivity contribution is -0.168. The molecule has 0 aliphatic rings. The van der Waals surface area contributed by atoms with E-state index in [1.807, 2.05) is 20.8 Å². The highest BCUT2D eigenvalue weighted by Gasteiger charge is 2.28. The minimum Gasteiger partial charge on any atom is -0.677 e. The Morgan fingerprint density at radius 1 is 1.38 bits per heavy atom. The second-order valence-corrected chi connectivity index (χ2v) is 5.13. The number of nitrogens with one attached hydrogen (secondary N) is 1. The van der Waals surface area contributed by atoms with Crippen LogP contribution in [-0.4, -0.2) is 29.7 Å². The highest BCUT2D eigenvalue weighted by atomic mass is 16.6. The van der Waals surface area contributed by atoms with Crippen molar-refractivity contribution in [2.24, 2.45) is 11.3 Å². The molecule has 94 valence electrons. The van der Waals surface area contributed by atoms with Crippen LogP contribution in [0.5, 0.6) is 0 Å². The summed E-state index contributed by atoms with van der Waals surface area (Å²) < 4.78 is 4.88. The van der Waals surface area contributed by atoms with E-state index in [4.69, 9.17) is 15.6 Å². The first kappa shape index (κ1) is 14.9. The van der Waals surface area contributed by atoms with Gasteiger partial charge in [0.15, 0.2) is 6.10 Å². The average Bonchev–Trinajstić information content (AvgIpc) is 2.13. The van der Waals surface area contributed by atoms with Gasteiger partial charge in [-0.15, -0.1) is 6.54 Å². The second kappa shape index (κ2) is 5.84. The quantitative estimate of drug-likeness (QED) is 0.732. The van der Waals surface area contributed by atoms with E-state index in [0.29, 0.717) is 0 Å². The molecule has 0 heterocycles. The van der Waals surface area contributed by atoms with Crippen LogP contribution < -0.4 is 0 Å². The molecule has 0 fully saturated rings. The van der Waals surface area contributed by atoms with Crippen molar-refractivity contribution in [2.45, 2.75) is 40.2 Å². The lowest BCUT2D eigenvalue weighted by Crippen LogP contribution is -2.33. The summed E-state index contributed by atoms with van der Waals surface area (Å²) in [6, 6.07) is 0. The van der Waals surface area contributed by atoms with E-state index in [1.54, 1.807) is 6.92 Å². The van der Waals surface area contributed by atoms with Gasteiger partial charge in [-0.2, -0.15) is 0 Å². The van der Waals surface area contributed by atoms with Crippen molar-refractivity contribution in [1.29, 1.82) is 0 Å². The number of hydrogen-bond acceptors (Lipinski definition) is 3. The van der Waals surface area contributed by atoms with Crippen LogP contribution in [0, 0.1) is 11.3 Å². The molecule has 5 heteroatoms. The van der Waals surface area contributed by atoms with Crippen molar-refractivity contribution in [3.05, 3.63) is 5.73 Å². The zero-order chi connectivity index (χ0) is 12.9. The Bertz CT molecular complexity index is 257. The van der Waals surface area contributed by atoms with Gasteiger partial charge in [-0.05, 0) is 5.41 Å². The van der Waals surface area contributed by atoms with E-state index >= 15 is 0 Å². The van der Waals surface area contributed by atoms with Crippen molar-refractivity contribution < 1.29 is 19.4 Å². The Hall–Kier alpha value is -1.10. The third-order valence-electron chi connectivity index (χ3n) is 2.04. The summed E-state index contributed by atoms with van der Waals surface area (Å²) in [5, 5.41) is 8.92. The molecule has 0 aromatic heterocycles. The fourth-order valence-corrected chi connectivity index (χ4v) is 1.08. The first-order chi connectivity index (χ1) is 7.17.